The van der Waals surface area contributed by atoms with Crippen LogP contribution in [0.2, 0.25) is 5.02 Å². The highest BCUT2D eigenvalue weighted by Crippen LogP contribution is 2.28. The lowest BCUT2D eigenvalue weighted by atomic mass is 9.96. The van der Waals surface area contributed by atoms with Gasteiger partial charge in [0, 0.05) is 32.1 Å². The maximum Gasteiger partial charge on any atom is 0.244 e. The summed E-state index contributed by atoms with van der Waals surface area (Å²) in [4.78, 5) is 14.3. The molecule has 23 heavy (non-hydrogen) atoms. The highest BCUT2D eigenvalue weighted by Gasteiger charge is 2.34. The molecule has 0 bridgehead atoms. The number of nitrogens with zero attached hydrogens (tertiary/aromatic N) is 2. The second kappa shape index (κ2) is 7.64. The molecule has 1 amide bonds. The van der Waals surface area contributed by atoms with Crippen LogP contribution in [0.25, 0.3) is 0 Å². The molecule has 0 atom stereocenters. The van der Waals surface area contributed by atoms with Crippen LogP contribution in [0.15, 0.2) is 29.2 Å². The summed E-state index contributed by atoms with van der Waals surface area (Å²) in [5.74, 6) is 0.0392. The summed E-state index contributed by atoms with van der Waals surface area (Å²) in [5.41, 5.74) is 0. The van der Waals surface area contributed by atoms with E-state index in [4.69, 9.17) is 11.6 Å². The molecule has 0 aliphatic carbocycles. The molecule has 0 spiro atoms. The monoisotopic (exact) mass is 358 g/mol. The van der Waals surface area contributed by atoms with Crippen molar-refractivity contribution in [2.24, 2.45) is 5.92 Å². The Morgan fingerprint density at radius 2 is 1.78 bits per heavy atom. The number of hydrogen-bond acceptors (Lipinski definition) is 3. The molecule has 2 rings (SSSR count). The van der Waals surface area contributed by atoms with E-state index in [2.05, 4.69) is 0 Å². The van der Waals surface area contributed by atoms with Crippen LogP contribution in [0.4, 0.5) is 0 Å². The second-order valence-corrected chi connectivity index (χ2v) is 7.93. The van der Waals surface area contributed by atoms with Crippen molar-refractivity contribution in [1.29, 1.82) is 0 Å². The summed E-state index contributed by atoms with van der Waals surface area (Å²) < 4.78 is 26.8. The van der Waals surface area contributed by atoms with Gasteiger partial charge in [-0.15, -0.1) is 0 Å². The zero-order valence-corrected chi connectivity index (χ0v) is 15.1. The van der Waals surface area contributed by atoms with Crippen molar-refractivity contribution in [2.45, 2.75) is 31.6 Å². The van der Waals surface area contributed by atoms with Gasteiger partial charge < -0.3 is 4.90 Å². The van der Waals surface area contributed by atoms with E-state index in [0.717, 1.165) is 0 Å². The van der Waals surface area contributed by atoms with Crippen LogP contribution in [0.1, 0.15) is 26.7 Å². The number of amides is 1. The van der Waals surface area contributed by atoms with Crippen LogP contribution in [0, 0.1) is 5.92 Å². The molecule has 128 valence electrons. The van der Waals surface area contributed by atoms with Gasteiger partial charge in [0.15, 0.2) is 0 Å². The summed E-state index contributed by atoms with van der Waals surface area (Å²) in [5, 5.41) is 0.230. The van der Waals surface area contributed by atoms with Crippen LogP contribution in [0.3, 0.4) is 0 Å². The first-order valence-electron chi connectivity index (χ1n) is 7.95. The van der Waals surface area contributed by atoms with Crippen LogP contribution in [0.5, 0.6) is 0 Å². The summed E-state index contributed by atoms with van der Waals surface area (Å²) in [7, 11) is -3.60. The van der Waals surface area contributed by atoms with Gasteiger partial charge >= 0.3 is 0 Å². The quantitative estimate of drug-likeness (QED) is 0.813. The lowest BCUT2D eigenvalue weighted by molar-refractivity contribution is -0.136. The number of carbonyl (C=O) groups excluding carboxylic acids is 1. The van der Waals surface area contributed by atoms with Gasteiger partial charge in [-0.05, 0) is 38.8 Å². The predicted molar refractivity (Wildman–Crippen MR) is 90.9 cm³/mol. The Morgan fingerprint density at radius 1 is 1.22 bits per heavy atom. The molecule has 5 nitrogen and oxygen atoms in total. The summed E-state index contributed by atoms with van der Waals surface area (Å²) in [6, 6.07) is 6.46. The molecule has 7 heteroatoms. The van der Waals surface area contributed by atoms with E-state index in [0.29, 0.717) is 39.0 Å². The third-order valence-electron chi connectivity index (χ3n) is 4.33. The number of halogens is 1. The zero-order valence-electron chi connectivity index (χ0n) is 13.5. The number of carbonyl (C=O) groups is 1. The van der Waals surface area contributed by atoms with Crippen molar-refractivity contribution in [2.75, 3.05) is 26.2 Å². The van der Waals surface area contributed by atoms with Gasteiger partial charge in [-0.1, -0.05) is 23.7 Å². The minimum absolute atomic E-state index is 0.0902. The van der Waals surface area contributed by atoms with Gasteiger partial charge in [0.1, 0.15) is 4.90 Å². The molecular weight excluding hydrogens is 336 g/mol. The Balaban J connectivity index is 2.07. The summed E-state index contributed by atoms with van der Waals surface area (Å²) in [6.07, 6.45) is 1.11. The number of sulfonamides is 1. The molecule has 0 saturated carbocycles. The van der Waals surface area contributed by atoms with E-state index >= 15 is 0 Å². The summed E-state index contributed by atoms with van der Waals surface area (Å²) in [6.45, 7) is 5.99. The fourth-order valence-corrected chi connectivity index (χ4v) is 4.89. The van der Waals surface area contributed by atoms with Crippen molar-refractivity contribution in [3.05, 3.63) is 29.3 Å². The van der Waals surface area contributed by atoms with Crippen LogP contribution in [-0.2, 0) is 14.8 Å². The van der Waals surface area contributed by atoms with Crippen molar-refractivity contribution < 1.29 is 13.2 Å². The van der Waals surface area contributed by atoms with Gasteiger partial charge in [-0.2, -0.15) is 4.31 Å². The Morgan fingerprint density at radius 3 is 2.30 bits per heavy atom. The topological polar surface area (TPSA) is 57.7 Å². The predicted octanol–water partition coefficient (Wildman–Crippen LogP) is 2.61. The van der Waals surface area contributed by atoms with E-state index in [9.17, 15) is 13.2 Å². The number of hydrogen-bond donors (Lipinski definition) is 0. The SMILES string of the molecule is CCN(CC)C(=O)C1CCN(S(=O)(=O)c2ccccc2Cl)CC1. The summed E-state index contributed by atoms with van der Waals surface area (Å²) >= 11 is 6.02. The van der Waals surface area contributed by atoms with E-state index in [1.54, 1.807) is 18.2 Å². The molecule has 0 unspecified atom stereocenters. The first-order valence-corrected chi connectivity index (χ1v) is 9.77. The standard InChI is InChI=1S/C16H23ClN2O3S/c1-3-18(4-2)16(20)13-9-11-19(12-10-13)23(21,22)15-8-6-5-7-14(15)17/h5-8,13H,3-4,9-12H2,1-2H3. The van der Waals surface area contributed by atoms with Gasteiger partial charge in [-0.3, -0.25) is 4.79 Å². The smallest absolute Gasteiger partial charge is 0.244 e. The molecule has 1 fully saturated rings. The van der Waals surface area contributed by atoms with Crippen molar-refractivity contribution in [3.63, 3.8) is 0 Å². The first kappa shape index (κ1) is 18.2. The van der Waals surface area contributed by atoms with Crippen molar-refractivity contribution in [1.82, 2.24) is 9.21 Å². The highest BCUT2D eigenvalue weighted by molar-refractivity contribution is 7.89. The number of piperidine rings is 1. The second-order valence-electron chi connectivity index (χ2n) is 5.62. The fourth-order valence-electron chi connectivity index (χ4n) is 2.93. The van der Waals surface area contributed by atoms with E-state index in [1.165, 1.54) is 10.4 Å². The molecule has 1 heterocycles. The maximum absolute atomic E-state index is 12.7. The van der Waals surface area contributed by atoms with Crippen LogP contribution >= 0.6 is 11.6 Å². The van der Waals surface area contributed by atoms with Crippen molar-refractivity contribution in [3.8, 4) is 0 Å². The van der Waals surface area contributed by atoms with Gasteiger partial charge in [-0.25, -0.2) is 8.42 Å². The lowest BCUT2D eigenvalue weighted by Crippen LogP contribution is -2.44. The van der Waals surface area contributed by atoms with Crippen molar-refractivity contribution >= 4 is 27.5 Å². The average molecular weight is 359 g/mol. The van der Waals surface area contributed by atoms with Crippen LogP contribution < -0.4 is 0 Å². The van der Waals surface area contributed by atoms with Gasteiger partial charge in [0.25, 0.3) is 0 Å². The molecule has 0 N–H and O–H groups in total. The molecule has 0 aromatic heterocycles. The molecule has 0 radical (unpaired) electrons. The molecule has 1 aliphatic heterocycles. The molecule has 1 saturated heterocycles. The molecular formula is C16H23ClN2O3S. The third-order valence-corrected chi connectivity index (χ3v) is 6.73. The zero-order chi connectivity index (χ0) is 17.0. The number of rotatable bonds is 5. The normalized spacial score (nSPS) is 17.2. The average Bonchev–Trinajstić information content (AvgIpc) is 2.56. The molecule has 1 aromatic rings. The largest absolute Gasteiger partial charge is 0.343 e. The number of benzene rings is 1. The Kier molecular flexibility index (Phi) is 6.06. The van der Waals surface area contributed by atoms with E-state index < -0.39 is 10.0 Å². The Hall–Kier alpha value is -1.11. The first-order chi connectivity index (χ1) is 10.9. The maximum atomic E-state index is 12.7. The Labute approximate surface area is 143 Å². The third kappa shape index (κ3) is 3.87. The minimum Gasteiger partial charge on any atom is -0.343 e. The van der Waals surface area contributed by atoms with Gasteiger partial charge in [0.2, 0.25) is 15.9 Å². The van der Waals surface area contributed by atoms with E-state index in [1.807, 2.05) is 18.7 Å². The molecule has 1 aromatic carbocycles. The molecule has 1 aliphatic rings. The highest BCUT2D eigenvalue weighted by atomic mass is 35.5. The van der Waals surface area contributed by atoms with Gasteiger partial charge in [0.05, 0.1) is 5.02 Å². The Bertz CT molecular complexity index is 651. The lowest BCUT2D eigenvalue weighted by Gasteiger charge is -2.33. The fraction of sp³-hybridized carbons (Fsp3) is 0.562. The minimum atomic E-state index is -3.60. The van der Waals surface area contributed by atoms with Crippen LogP contribution in [-0.4, -0.2) is 49.7 Å². The van der Waals surface area contributed by atoms with E-state index in [-0.39, 0.29) is 21.7 Å².